The summed E-state index contributed by atoms with van der Waals surface area (Å²) in [5, 5.41) is 9.97. The van der Waals surface area contributed by atoms with Gasteiger partial charge in [0, 0.05) is 13.5 Å². The Balaban J connectivity index is 2.42. The highest BCUT2D eigenvalue weighted by molar-refractivity contribution is 4.87. The van der Waals surface area contributed by atoms with E-state index in [0.717, 1.165) is 0 Å². The van der Waals surface area contributed by atoms with Gasteiger partial charge >= 0.3 is 0 Å². The SMILES string of the molecule is C#CCCC(O)C(OC)C1CCCCC1. The lowest BCUT2D eigenvalue weighted by molar-refractivity contribution is -0.0563. The summed E-state index contributed by atoms with van der Waals surface area (Å²) in [5.74, 6) is 3.09. The zero-order valence-corrected chi connectivity index (χ0v) is 9.61. The van der Waals surface area contributed by atoms with Crippen molar-refractivity contribution in [3.05, 3.63) is 0 Å². The first-order valence-corrected chi connectivity index (χ1v) is 5.94. The van der Waals surface area contributed by atoms with E-state index in [1.165, 1.54) is 32.1 Å². The quantitative estimate of drug-likeness (QED) is 0.706. The largest absolute Gasteiger partial charge is 0.390 e. The summed E-state index contributed by atoms with van der Waals surface area (Å²) in [4.78, 5) is 0. The molecule has 1 fully saturated rings. The van der Waals surface area contributed by atoms with Crippen LogP contribution in [0.3, 0.4) is 0 Å². The van der Waals surface area contributed by atoms with Crippen molar-refractivity contribution in [3.63, 3.8) is 0 Å². The topological polar surface area (TPSA) is 29.5 Å². The number of hydrogen-bond acceptors (Lipinski definition) is 2. The van der Waals surface area contributed by atoms with Gasteiger partial charge in [-0.05, 0) is 25.2 Å². The van der Waals surface area contributed by atoms with E-state index in [4.69, 9.17) is 11.2 Å². The summed E-state index contributed by atoms with van der Waals surface area (Å²) in [6, 6.07) is 0. The Morgan fingerprint density at radius 3 is 2.60 bits per heavy atom. The van der Waals surface area contributed by atoms with Gasteiger partial charge in [-0.1, -0.05) is 19.3 Å². The molecule has 86 valence electrons. The Labute approximate surface area is 93.0 Å². The second-order valence-corrected chi connectivity index (χ2v) is 4.41. The fourth-order valence-electron chi connectivity index (χ4n) is 2.52. The molecule has 2 nitrogen and oxygen atoms in total. The number of terminal acetylenes is 1. The van der Waals surface area contributed by atoms with Crippen molar-refractivity contribution in [1.29, 1.82) is 0 Å². The molecule has 0 radical (unpaired) electrons. The molecule has 0 amide bonds. The third-order valence-electron chi connectivity index (χ3n) is 3.35. The summed E-state index contributed by atoms with van der Waals surface area (Å²) in [5.41, 5.74) is 0. The molecule has 0 heterocycles. The van der Waals surface area contributed by atoms with Crippen LogP contribution in [0.25, 0.3) is 0 Å². The number of methoxy groups -OCH3 is 1. The van der Waals surface area contributed by atoms with Crippen molar-refractivity contribution in [2.24, 2.45) is 5.92 Å². The van der Waals surface area contributed by atoms with Crippen LogP contribution in [0.15, 0.2) is 0 Å². The van der Waals surface area contributed by atoms with Crippen molar-refractivity contribution >= 4 is 0 Å². The molecule has 1 aliphatic rings. The molecular weight excluding hydrogens is 188 g/mol. The second-order valence-electron chi connectivity index (χ2n) is 4.41. The van der Waals surface area contributed by atoms with E-state index in [1.807, 2.05) is 0 Å². The lowest BCUT2D eigenvalue weighted by atomic mass is 9.82. The molecule has 15 heavy (non-hydrogen) atoms. The van der Waals surface area contributed by atoms with Crippen LogP contribution in [0, 0.1) is 18.3 Å². The van der Waals surface area contributed by atoms with E-state index in [0.29, 0.717) is 18.8 Å². The zero-order chi connectivity index (χ0) is 11.1. The molecule has 0 aromatic carbocycles. The maximum Gasteiger partial charge on any atom is 0.0858 e. The molecule has 1 N–H and O–H groups in total. The van der Waals surface area contributed by atoms with Crippen LogP contribution in [-0.2, 0) is 4.74 Å². The third-order valence-corrected chi connectivity index (χ3v) is 3.35. The molecule has 0 aliphatic heterocycles. The minimum atomic E-state index is -0.394. The fraction of sp³-hybridized carbons (Fsp3) is 0.846. The zero-order valence-electron chi connectivity index (χ0n) is 9.61. The first kappa shape index (κ1) is 12.5. The van der Waals surface area contributed by atoms with Gasteiger partial charge in [0.25, 0.3) is 0 Å². The van der Waals surface area contributed by atoms with Gasteiger partial charge in [0.05, 0.1) is 12.2 Å². The summed E-state index contributed by atoms with van der Waals surface area (Å²) >= 11 is 0. The second kappa shape index (κ2) is 6.87. The van der Waals surface area contributed by atoms with Crippen LogP contribution >= 0.6 is 0 Å². The van der Waals surface area contributed by atoms with Gasteiger partial charge in [-0.2, -0.15) is 0 Å². The van der Waals surface area contributed by atoms with Gasteiger partial charge in [0.1, 0.15) is 0 Å². The van der Waals surface area contributed by atoms with Crippen molar-refractivity contribution in [2.75, 3.05) is 7.11 Å². The molecule has 0 aromatic rings. The molecular formula is C13H22O2. The molecule has 0 spiro atoms. The van der Waals surface area contributed by atoms with Gasteiger partial charge in [0.2, 0.25) is 0 Å². The molecule has 1 rings (SSSR count). The first-order valence-electron chi connectivity index (χ1n) is 5.94. The highest BCUT2D eigenvalue weighted by atomic mass is 16.5. The van der Waals surface area contributed by atoms with E-state index in [2.05, 4.69) is 5.92 Å². The van der Waals surface area contributed by atoms with Crippen LogP contribution in [0.5, 0.6) is 0 Å². The molecule has 0 aromatic heterocycles. The maximum absolute atomic E-state index is 9.97. The number of rotatable bonds is 5. The van der Waals surface area contributed by atoms with Gasteiger partial charge in [-0.3, -0.25) is 0 Å². The van der Waals surface area contributed by atoms with E-state index in [1.54, 1.807) is 7.11 Å². The molecule has 2 unspecified atom stereocenters. The van der Waals surface area contributed by atoms with Crippen LogP contribution < -0.4 is 0 Å². The Kier molecular flexibility index (Phi) is 5.75. The number of aliphatic hydroxyl groups is 1. The van der Waals surface area contributed by atoms with E-state index < -0.39 is 6.10 Å². The average Bonchev–Trinajstić information content (AvgIpc) is 2.29. The molecule has 0 bridgehead atoms. The predicted octanol–water partition coefficient (Wildman–Crippen LogP) is 2.36. The Morgan fingerprint density at radius 2 is 2.07 bits per heavy atom. The standard InChI is InChI=1S/C13H22O2/c1-3-4-10-12(14)13(15-2)11-8-6-5-7-9-11/h1,11-14H,4-10H2,2H3. The van der Waals surface area contributed by atoms with Crippen molar-refractivity contribution in [2.45, 2.75) is 57.2 Å². The van der Waals surface area contributed by atoms with E-state index in [9.17, 15) is 5.11 Å². The summed E-state index contributed by atoms with van der Waals surface area (Å²) in [6.45, 7) is 0. The highest BCUT2D eigenvalue weighted by Gasteiger charge is 2.28. The lowest BCUT2D eigenvalue weighted by Gasteiger charge is -2.32. The third kappa shape index (κ3) is 3.85. The van der Waals surface area contributed by atoms with Crippen LogP contribution in [0.2, 0.25) is 0 Å². The highest BCUT2D eigenvalue weighted by Crippen LogP contribution is 2.30. The van der Waals surface area contributed by atoms with Gasteiger partial charge in [-0.15, -0.1) is 12.3 Å². The molecule has 1 saturated carbocycles. The van der Waals surface area contributed by atoms with Crippen molar-refractivity contribution in [3.8, 4) is 12.3 Å². The predicted molar refractivity (Wildman–Crippen MR) is 61.4 cm³/mol. The van der Waals surface area contributed by atoms with Crippen molar-refractivity contribution < 1.29 is 9.84 Å². The molecule has 2 atom stereocenters. The van der Waals surface area contributed by atoms with E-state index >= 15 is 0 Å². The summed E-state index contributed by atoms with van der Waals surface area (Å²) in [7, 11) is 1.69. The maximum atomic E-state index is 9.97. The number of aliphatic hydroxyl groups excluding tert-OH is 1. The van der Waals surface area contributed by atoms with Crippen molar-refractivity contribution in [1.82, 2.24) is 0 Å². The molecule has 1 aliphatic carbocycles. The monoisotopic (exact) mass is 210 g/mol. The fourth-order valence-corrected chi connectivity index (χ4v) is 2.52. The van der Waals surface area contributed by atoms with Gasteiger partial charge in [0.15, 0.2) is 0 Å². The normalized spacial score (nSPS) is 21.9. The Bertz CT molecular complexity index is 201. The molecule has 2 heteroatoms. The van der Waals surface area contributed by atoms with Crippen LogP contribution in [-0.4, -0.2) is 24.4 Å². The summed E-state index contributed by atoms with van der Waals surface area (Å²) in [6.07, 6.45) is 12.3. The van der Waals surface area contributed by atoms with Crippen LogP contribution in [0.4, 0.5) is 0 Å². The van der Waals surface area contributed by atoms with Crippen LogP contribution in [0.1, 0.15) is 44.9 Å². The van der Waals surface area contributed by atoms with Gasteiger partial charge < -0.3 is 9.84 Å². The minimum Gasteiger partial charge on any atom is -0.390 e. The summed E-state index contributed by atoms with van der Waals surface area (Å²) < 4.78 is 5.43. The lowest BCUT2D eigenvalue weighted by Crippen LogP contribution is -2.36. The smallest absolute Gasteiger partial charge is 0.0858 e. The van der Waals surface area contributed by atoms with Gasteiger partial charge in [-0.25, -0.2) is 0 Å². The molecule has 0 saturated heterocycles. The Morgan fingerprint density at radius 1 is 1.40 bits per heavy atom. The first-order chi connectivity index (χ1) is 7.29. The Hall–Kier alpha value is -0.520. The number of hydrogen-bond donors (Lipinski definition) is 1. The van der Waals surface area contributed by atoms with E-state index in [-0.39, 0.29) is 6.10 Å². The average molecular weight is 210 g/mol. The minimum absolute atomic E-state index is 0.0151. The number of ether oxygens (including phenoxy) is 1.